The Morgan fingerprint density at radius 1 is 1.43 bits per heavy atom. The van der Waals surface area contributed by atoms with Crippen molar-refractivity contribution in [2.75, 3.05) is 13.1 Å². The molecule has 21 heavy (non-hydrogen) atoms. The highest BCUT2D eigenvalue weighted by Crippen LogP contribution is 2.27. The zero-order valence-electron chi connectivity index (χ0n) is 12.2. The van der Waals surface area contributed by atoms with Crippen LogP contribution in [0.1, 0.15) is 29.8 Å². The van der Waals surface area contributed by atoms with Gasteiger partial charge in [0, 0.05) is 19.2 Å². The maximum atomic E-state index is 12.7. The van der Waals surface area contributed by atoms with Gasteiger partial charge in [-0.05, 0) is 26.3 Å². The van der Waals surface area contributed by atoms with Gasteiger partial charge in [-0.25, -0.2) is 0 Å². The number of hydrogen-bond donors (Lipinski definition) is 1. The Hall–Kier alpha value is -2.44. The summed E-state index contributed by atoms with van der Waals surface area (Å²) in [6, 6.07) is 4.49. The van der Waals surface area contributed by atoms with Crippen LogP contribution < -0.4 is 5.32 Å². The van der Waals surface area contributed by atoms with E-state index in [2.05, 4.69) is 5.32 Å². The Labute approximate surface area is 122 Å². The van der Waals surface area contributed by atoms with E-state index in [0.717, 1.165) is 0 Å². The van der Waals surface area contributed by atoms with Crippen molar-refractivity contribution in [2.45, 2.75) is 26.3 Å². The van der Waals surface area contributed by atoms with Crippen LogP contribution in [0.3, 0.4) is 0 Å². The SMILES string of the molecule is Cc1cccc([N+](=O)[O-])c1C(=O)N1CCNC(=O)C1(C)C. The van der Waals surface area contributed by atoms with E-state index >= 15 is 0 Å². The molecular weight excluding hydrogens is 274 g/mol. The van der Waals surface area contributed by atoms with Gasteiger partial charge in [0.05, 0.1) is 4.92 Å². The molecule has 0 radical (unpaired) electrons. The van der Waals surface area contributed by atoms with Gasteiger partial charge < -0.3 is 10.2 Å². The molecule has 0 spiro atoms. The van der Waals surface area contributed by atoms with E-state index in [-0.39, 0.29) is 17.2 Å². The monoisotopic (exact) mass is 291 g/mol. The first-order valence-corrected chi connectivity index (χ1v) is 6.61. The van der Waals surface area contributed by atoms with Crippen LogP contribution >= 0.6 is 0 Å². The number of piperazine rings is 1. The first-order chi connectivity index (χ1) is 9.76. The van der Waals surface area contributed by atoms with Crippen molar-refractivity contribution < 1.29 is 14.5 Å². The molecule has 1 aromatic rings. The molecule has 7 heteroatoms. The first kappa shape index (κ1) is 15.0. The lowest BCUT2D eigenvalue weighted by Gasteiger charge is -2.41. The van der Waals surface area contributed by atoms with Gasteiger partial charge in [0.25, 0.3) is 11.6 Å². The molecule has 0 aromatic heterocycles. The molecule has 0 aliphatic carbocycles. The number of nitro groups is 1. The van der Waals surface area contributed by atoms with Gasteiger partial charge in [0.1, 0.15) is 11.1 Å². The van der Waals surface area contributed by atoms with Crippen molar-refractivity contribution in [3.63, 3.8) is 0 Å². The van der Waals surface area contributed by atoms with Gasteiger partial charge in [-0.2, -0.15) is 0 Å². The van der Waals surface area contributed by atoms with Crippen molar-refractivity contribution in [3.05, 3.63) is 39.4 Å². The topological polar surface area (TPSA) is 92.6 Å². The molecule has 1 fully saturated rings. The number of nitrogens with one attached hydrogen (secondary N) is 1. The molecule has 1 N–H and O–H groups in total. The molecule has 2 rings (SSSR count). The van der Waals surface area contributed by atoms with Gasteiger partial charge in [0.2, 0.25) is 5.91 Å². The number of hydrogen-bond acceptors (Lipinski definition) is 4. The van der Waals surface area contributed by atoms with E-state index in [9.17, 15) is 19.7 Å². The van der Waals surface area contributed by atoms with Crippen LogP contribution in [0.2, 0.25) is 0 Å². The molecule has 7 nitrogen and oxygen atoms in total. The Kier molecular flexibility index (Phi) is 3.67. The van der Waals surface area contributed by atoms with E-state index in [4.69, 9.17) is 0 Å². The molecule has 1 saturated heterocycles. The zero-order valence-corrected chi connectivity index (χ0v) is 12.2. The molecule has 0 atom stereocenters. The summed E-state index contributed by atoms with van der Waals surface area (Å²) in [6.45, 7) is 5.57. The van der Waals surface area contributed by atoms with E-state index in [0.29, 0.717) is 18.7 Å². The molecule has 1 aromatic carbocycles. The molecule has 2 amide bonds. The van der Waals surface area contributed by atoms with Crippen LogP contribution in [0.15, 0.2) is 18.2 Å². The minimum Gasteiger partial charge on any atom is -0.352 e. The fourth-order valence-corrected chi connectivity index (χ4v) is 2.47. The van der Waals surface area contributed by atoms with E-state index in [1.165, 1.54) is 17.0 Å². The Bertz CT molecular complexity index is 625. The predicted octanol–water partition coefficient (Wildman–Crippen LogP) is 1.25. The molecule has 0 saturated carbocycles. The third-order valence-electron chi connectivity index (χ3n) is 3.76. The third kappa shape index (κ3) is 2.46. The van der Waals surface area contributed by atoms with Crippen molar-refractivity contribution in [3.8, 4) is 0 Å². The van der Waals surface area contributed by atoms with Crippen molar-refractivity contribution in [1.29, 1.82) is 0 Å². The zero-order chi connectivity index (χ0) is 15.8. The van der Waals surface area contributed by atoms with E-state index in [1.54, 1.807) is 26.8 Å². The number of carbonyl (C=O) groups excluding carboxylic acids is 2. The largest absolute Gasteiger partial charge is 0.352 e. The minimum atomic E-state index is -1.04. The second-order valence-corrected chi connectivity index (χ2v) is 5.50. The van der Waals surface area contributed by atoms with Crippen molar-refractivity contribution in [1.82, 2.24) is 10.2 Å². The molecule has 1 heterocycles. The normalized spacial score (nSPS) is 17.3. The quantitative estimate of drug-likeness (QED) is 0.655. The standard InChI is InChI=1S/C14H17N3O4/c1-9-5-4-6-10(17(20)21)11(9)12(18)16-8-7-15-13(19)14(16,2)3/h4-6H,7-8H2,1-3H3,(H,15,19). The maximum absolute atomic E-state index is 12.7. The van der Waals surface area contributed by atoms with Gasteiger partial charge >= 0.3 is 0 Å². The highest BCUT2D eigenvalue weighted by atomic mass is 16.6. The second-order valence-electron chi connectivity index (χ2n) is 5.50. The van der Waals surface area contributed by atoms with Crippen LogP contribution in [0.4, 0.5) is 5.69 Å². The maximum Gasteiger partial charge on any atom is 0.282 e. The summed E-state index contributed by atoms with van der Waals surface area (Å²) in [7, 11) is 0. The summed E-state index contributed by atoms with van der Waals surface area (Å²) in [5.74, 6) is -0.752. The molecule has 112 valence electrons. The van der Waals surface area contributed by atoms with Crippen LogP contribution in [-0.4, -0.2) is 40.3 Å². The highest BCUT2D eigenvalue weighted by Gasteiger charge is 2.42. The van der Waals surface area contributed by atoms with Gasteiger partial charge in [-0.1, -0.05) is 12.1 Å². The number of amides is 2. The van der Waals surface area contributed by atoms with Gasteiger partial charge in [-0.3, -0.25) is 19.7 Å². The lowest BCUT2D eigenvalue weighted by Crippen LogP contribution is -2.63. The van der Waals surface area contributed by atoms with Gasteiger partial charge in [-0.15, -0.1) is 0 Å². The number of nitro benzene ring substituents is 1. The fourth-order valence-electron chi connectivity index (χ4n) is 2.47. The molecule has 0 bridgehead atoms. The van der Waals surface area contributed by atoms with Crippen LogP contribution in [0, 0.1) is 17.0 Å². The number of carbonyl (C=O) groups is 2. The lowest BCUT2D eigenvalue weighted by molar-refractivity contribution is -0.385. The van der Waals surface area contributed by atoms with Crippen LogP contribution in [0.5, 0.6) is 0 Å². The summed E-state index contributed by atoms with van der Waals surface area (Å²) < 4.78 is 0. The smallest absolute Gasteiger partial charge is 0.282 e. The number of aryl methyl sites for hydroxylation is 1. The molecule has 0 unspecified atom stereocenters. The van der Waals surface area contributed by atoms with Crippen LogP contribution in [-0.2, 0) is 4.79 Å². The summed E-state index contributed by atoms with van der Waals surface area (Å²) in [5.41, 5.74) is -0.700. The van der Waals surface area contributed by atoms with Crippen molar-refractivity contribution in [2.24, 2.45) is 0 Å². The third-order valence-corrected chi connectivity index (χ3v) is 3.76. The number of benzene rings is 1. The lowest BCUT2D eigenvalue weighted by atomic mass is 9.96. The predicted molar refractivity (Wildman–Crippen MR) is 76.0 cm³/mol. The van der Waals surface area contributed by atoms with Crippen molar-refractivity contribution >= 4 is 17.5 Å². The average Bonchev–Trinajstić information content (AvgIpc) is 2.40. The Morgan fingerprint density at radius 3 is 2.71 bits per heavy atom. The summed E-state index contributed by atoms with van der Waals surface area (Å²) in [6.07, 6.45) is 0. The molecule has 1 aliphatic heterocycles. The molecular formula is C14H17N3O4. The highest BCUT2D eigenvalue weighted by molar-refractivity contribution is 6.03. The summed E-state index contributed by atoms with van der Waals surface area (Å²) in [4.78, 5) is 36.6. The van der Waals surface area contributed by atoms with Crippen LogP contribution in [0.25, 0.3) is 0 Å². The van der Waals surface area contributed by atoms with E-state index in [1.807, 2.05) is 0 Å². The van der Waals surface area contributed by atoms with E-state index < -0.39 is 16.4 Å². The molecule has 1 aliphatic rings. The summed E-state index contributed by atoms with van der Waals surface area (Å²) >= 11 is 0. The average molecular weight is 291 g/mol. The van der Waals surface area contributed by atoms with Gasteiger partial charge in [0.15, 0.2) is 0 Å². The Morgan fingerprint density at radius 2 is 2.10 bits per heavy atom. The number of nitrogens with zero attached hydrogens (tertiary/aromatic N) is 2. The minimum absolute atomic E-state index is 0.0466. The fraction of sp³-hybridized carbons (Fsp3) is 0.429. The summed E-state index contributed by atoms with van der Waals surface area (Å²) in [5, 5.41) is 13.8. The Balaban J connectivity index is 2.50. The second kappa shape index (κ2) is 5.16. The number of rotatable bonds is 2. The first-order valence-electron chi connectivity index (χ1n) is 6.61.